The van der Waals surface area contributed by atoms with E-state index in [-0.39, 0.29) is 0 Å². The molecule has 0 aliphatic rings. The number of furan rings is 1. The highest BCUT2D eigenvalue weighted by Gasteiger charge is 2.19. The Morgan fingerprint density at radius 3 is 1.73 bits per heavy atom. The van der Waals surface area contributed by atoms with Crippen LogP contribution < -0.4 is 0 Å². The van der Waals surface area contributed by atoms with E-state index in [0.717, 1.165) is 76.7 Å². The molecule has 4 nitrogen and oxygen atoms in total. The second-order valence-electron chi connectivity index (χ2n) is 14.0. The lowest BCUT2D eigenvalue weighted by Gasteiger charge is -2.10. The molecule has 0 radical (unpaired) electrons. The van der Waals surface area contributed by atoms with Gasteiger partial charge in [0, 0.05) is 47.6 Å². The molecule has 262 valence electrons. The zero-order chi connectivity index (χ0) is 37.0. The number of benzene rings is 8. The number of hydrogen-bond acceptors (Lipinski definition) is 5. The Bertz CT molecular complexity index is 3240. The highest BCUT2D eigenvalue weighted by Crippen LogP contribution is 2.44. The van der Waals surface area contributed by atoms with Crippen LogP contribution in [-0.2, 0) is 0 Å². The standard InChI is InChI=1S/C51H31N3OS/c1-4-14-32(15-5-1)35-20-12-21-37(28-35)50-52-49(34-18-8-3-9-19-34)53-51(54-50)41-24-13-23-39-43-29-36(26-27-46(43)56-48(39)41)42-30-38(33-16-6-2-7-17-33)31-45-47(42)40-22-10-11-25-44(40)55-45/h1-31H. The first-order valence-electron chi connectivity index (χ1n) is 18.7. The van der Waals surface area contributed by atoms with Crippen molar-refractivity contribution < 1.29 is 4.42 Å². The summed E-state index contributed by atoms with van der Waals surface area (Å²) in [6.07, 6.45) is 0. The summed E-state index contributed by atoms with van der Waals surface area (Å²) in [5.41, 5.74) is 11.5. The Labute approximate surface area is 327 Å². The van der Waals surface area contributed by atoms with Crippen molar-refractivity contribution in [2.45, 2.75) is 0 Å². The number of para-hydroxylation sites is 1. The maximum absolute atomic E-state index is 6.48. The van der Waals surface area contributed by atoms with E-state index in [1.165, 1.54) is 15.5 Å². The van der Waals surface area contributed by atoms with Gasteiger partial charge in [-0.3, -0.25) is 0 Å². The average Bonchev–Trinajstić information content (AvgIpc) is 3.85. The first kappa shape index (κ1) is 32.2. The van der Waals surface area contributed by atoms with Crippen molar-refractivity contribution in [3.05, 3.63) is 188 Å². The molecule has 0 spiro atoms. The van der Waals surface area contributed by atoms with E-state index in [0.29, 0.717) is 17.5 Å². The van der Waals surface area contributed by atoms with Crippen molar-refractivity contribution in [1.82, 2.24) is 15.0 Å². The summed E-state index contributed by atoms with van der Waals surface area (Å²) in [5, 5.41) is 4.61. The minimum atomic E-state index is 0.640. The lowest BCUT2D eigenvalue weighted by molar-refractivity contribution is 0.669. The van der Waals surface area contributed by atoms with Crippen LogP contribution in [0.25, 0.3) is 110 Å². The van der Waals surface area contributed by atoms with Gasteiger partial charge in [0.15, 0.2) is 17.5 Å². The second kappa shape index (κ2) is 13.3. The Hall–Kier alpha value is -7.21. The molecule has 5 heteroatoms. The van der Waals surface area contributed by atoms with Gasteiger partial charge in [-0.05, 0) is 75.8 Å². The van der Waals surface area contributed by atoms with Crippen LogP contribution in [0.15, 0.2) is 192 Å². The van der Waals surface area contributed by atoms with Crippen LogP contribution in [0, 0.1) is 0 Å². The Morgan fingerprint density at radius 1 is 0.339 bits per heavy atom. The number of rotatable bonds is 6. The van der Waals surface area contributed by atoms with Gasteiger partial charge in [-0.15, -0.1) is 11.3 Å². The van der Waals surface area contributed by atoms with Gasteiger partial charge < -0.3 is 4.42 Å². The zero-order valence-electron chi connectivity index (χ0n) is 30.1. The molecule has 0 bridgehead atoms. The maximum atomic E-state index is 6.48. The summed E-state index contributed by atoms with van der Waals surface area (Å²) in [5.74, 6) is 1.94. The minimum absolute atomic E-state index is 0.640. The molecule has 0 unspecified atom stereocenters. The molecule has 0 aliphatic carbocycles. The van der Waals surface area contributed by atoms with Gasteiger partial charge in [-0.2, -0.15) is 0 Å². The van der Waals surface area contributed by atoms with Gasteiger partial charge in [0.05, 0.1) is 0 Å². The van der Waals surface area contributed by atoms with Gasteiger partial charge in [-0.1, -0.05) is 146 Å². The molecular formula is C51H31N3OS. The van der Waals surface area contributed by atoms with E-state index < -0.39 is 0 Å². The third kappa shape index (κ3) is 5.56. The Kier molecular flexibility index (Phi) is 7.64. The third-order valence-electron chi connectivity index (χ3n) is 10.5. The highest BCUT2D eigenvalue weighted by atomic mass is 32.1. The lowest BCUT2D eigenvalue weighted by Crippen LogP contribution is -2.00. The minimum Gasteiger partial charge on any atom is -0.456 e. The molecule has 3 aromatic heterocycles. The van der Waals surface area contributed by atoms with Gasteiger partial charge in [-0.25, -0.2) is 15.0 Å². The molecule has 0 fully saturated rings. The van der Waals surface area contributed by atoms with Crippen molar-refractivity contribution in [1.29, 1.82) is 0 Å². The van der Waals surface area contributed by atoms with Crippen LogP contribution >= 0.6 is 11.3 Å². The number of aromatic nitrogens is 3. The second-order valence-corrected chi connectivity index (χ2v) is 15.0. The fourth-order valence-corrected chi connectivity index (χ4v) is 9.02. The van der Waals surface area contributed by atoms with Crippen LogP contribution in [0.4, 0.5) is 0 Å². The van der Waals surface area contributed by atoms with E-state index >= 15 is 0 Å². The smallest absolute Gasteiger partial charge is 0.165 e. The summed E-state index contributed by atoms with van der Waals surface area (Å²) >= 11 is 1.78. The first-order valence-corrected chi connectivity index (χ1v) is 19.5. The van der Waals surface area contributed by atoms with Gasteiger partial charge >= 0.3 is 0 Å². The van der Waals surface area contributed by atoms with Gasteiger partial charge in [0.1, 0.15) is 11.2 Å². The summed E-state index contributed by atoms with van der Waals surface area (Å²) in [7, 11) is 0. The van der Waals surface area contributed by atoms with E-state index in [1.807, 2.05) is 36.4 Å². The topological polar surface area (TPSA) is 51.8 Å². The first-order chi connectivity index (χ1) is 27.7. The molecule has 0 atom stereocenters. The predicted molar refractivity (Wildman–Crippen MR) is 233 cm³/mol. The molecule has 0 N–H and O–H groups in total. The molecule has 0 saturated heterocycles. The quantitative estimate of drug-likeness (QED) is 0.171. The summed E-state index contributed by atoms with van der Waals surface area (Å²) in [6.45, 7) is 0. The van der Waals surface area contributed by atoms with E-state index in [4.69, 9.17) is 19.4 Å². The molecular weight excluding hydrogens is 703 g/mol. The molecule has 8 aromatic carbocycles. The molecule has 3 heterocycles. The Balaban J connectivity index is 1.09. The van der Waals surface area contributed by atoms with E-state index in [1.54, 1.807) is 11.3 Å². The molecule has 0 amide bonds. The van der Waals surface area contributed by atoms with Gasteiger partial charge in [0.2, 0.25) is 0 Å². The predicted octanol–water partition coefficient (Wildman–Crippen LogP) is 14.1. The van der Waals surface area contributed by atoms with Gasteiger partial charge in [0.25, 0.3) is 0 Å². The third-order valence-corrected chi connectivity index (χ3v) is 11.7. The number of fused-ring (bicyclic) bond motifs is 6. The summed E-state index contributed by atoms with van der Waals surface area (Å²) < 4.78 is 8.83. The zero-order valence-corrected chi connectivity index (χ0v) is 30.9. The lowest BCUT2D eigenvalue weighted by atomic mass is 9.93. The van der Waals surface area contributed by atoms with Crippen molar-refractivity contribution in [2.24, 2.45) is 0 Å². The largest absolute Gasteiger partial charge is 0.456 e. The Morgan fingerprint density at radius 2 is 0.946 bits per heavy atom. The molecule has 0 aliphatic heterocycles. The van der Waals surface area contributed by atoms with Crippen LogP contribution in [0.3, 0.4) is 0 Å². The highest BCUT2D eigenvalue weighted by molar-refractivity contribution is 7.26. The number of thiophene rings is 1. The van der Waals surface area contributed by atoms with Crippen LogP contribution in [0.5, 0.6) is 0 Å². The van der Waals surface area contributed by atoms with E-state index in [9.17, 15) is 0 Å². The molecule has 0 saturated carbocycles. The van der Waals surface area contributed by atoms with Crippen molar-refractivity contribution in [3.63, 3.8) is 0 Å². The average molecular weight is 734 g/mol. The maximum Gasteiger partial charge on any atom is 0.165 e. The molecule has 11 aromatic rings. The van der Waals surface area contributed by atoms with Crippen LogP contribution in [0.1, 0.15) is 0 Å². The van der Waals surface area contributed by atoms with Crippen LogP contribution in [-0.4, -0.2) is 15.0 Å². The number of nitrogens with zero attached hydrogens (tertiary/aromatic N) is 3. The van der Waals surface area contributed by atoms with Crippen molar-refractivity contribution in [2.75, 3.05) is 0 Å². The fourth-order valence-electron chi connectivity index (χ4n) is 7.83. The fraction of sp³-hybridized carbons (Fsp3) is 0. The van der Waals surface area contributed by atoms with Crippen molar-refractivity contribution >= 4 is 53.4 Å². The van der Waals surface area contributed by atoms with Crippen LogP contribution in [0.2, 0.25) is 0 Å². The molecule has 56 heavy (non-hydrogen) atoms. The number of hydrogen-bond donors (Lipinski definition) is 0. The van der Waals surface area contributed by atoms with Crippen molar-refractivity contribution in [3.8, 4) is 67.5 Å². The monoisotopic (exact) mass is 733 g/mol. The molecule has 11 rings (SSSR count). The summed E-state index contributed by atoms with van der Waals surface area (Å²) in [6, 6.07) is 65.7. The SMILES string of the molecule is c1ccc(-c2cccc(-c3nc(-c4ccccc4)nc(-c4cccc5c4sc4ccc(-c6cc(-c7ccccc7)cc7oc8ccccc8c67)cc45)n3)c2)cc1. The summed E-state index contributed by atoms with van der Waals surface area (Å²) in [4.78, 5) is 15.4. The van der Waals surface area contributed by atoms with E-state index in [2.05, 4.69) is 152 Å². The normalized spacial score (nSPS) is 11.6.